The minimum absolute atomic E-state index is 0.398. The molecule has 18 heavy (non-hydrogen) atoms. The number of nitrogens with zero attached hydrogens (tertiary/aromatic N) is 1. The molecule has 0 aromatic carbocycles. The van der Waals surface area contributed by atoms with E-state index in [1.807, 2.05) is 0 Å². The van der Waals surface area contributed by atoms with Crippen LogP contribution in [0.3, 0.4) is 0 Å². The summed E-state index contributed by atoms with van der Waals surface area (Å²) in [4.78, 5) is 32.3. The molecular weight excluding hydrogens is 246 g/mol. The van der Waals surface area contributed by atoms with Gasteiger partial charge in [0, 0.05) is 7.05 Å². The van der Waals surface area contributed by atoms with Gasteiger partial charge in [0.15, 0.2) is 6.04 Å². The SMILES string of the molecule is C[C@@H](N)C(=O)OC[C@@H](NN(C)CC(=O)O)C(=O)O. The lowest BCUT2D eigenvalue weighted by atomic mass is 10.3. The first kappa shape index (κ1) is 16.3. The number of hydrogen-bond donors (Lipinski definition) is 4. The second-order valence-electron chi connectivity index (χ2n) is 3.69. The number of hydrazine groups is 1. The van der Waals surface area contributed by atoms with Gasteiger partial charge in [-0.1, -0.05) is 0 Å². The van der Waals surface area contributed by atoms with Crippen LogP contribution in [-0.4, -0.2) is 65.4 Å². The zero-order chi connectivity index (χ0) is 14.3. The average Bonchev–Trinajstić information content (AvgIpc) is 2.21. The van der Waals surface area contributed by atoms with Gasteiger partial charge in [0.05, 0.1) is 0 Å². The van der Waals surface area contributed by atoms with Crippen LogP contribution in [0.5, 0.6) is 0 Å². The van der Waals surface area contributed by atoms with Crippen molar-refractivity contribution >= 4 is 17.9 Å². The summed E-state index contributed by atoms with van der Waals surface area (Å²) in [6, 6.07) is -2.09. The topological polar surface area (TPSA) is 142 Å². The van der Waals surface area contributed by atoms with Crippen molar-refractivity contribution in [1.29, 1.82) is 0 Å². The molecule has 0 fully saturated rings. The van der Waals surface area contributed by atoms with Crippen molar-refractivity contribution < 1.29 is 29.3 Å². The number of esters is 1. The molecule has 9 heteroatoms. The molecule has 0 aliphatic heterocycles. The predicted octanol–water partition coefficient (Wildman–Crippen LogP) is -2.15. The summed E-state index contributed by atoms with van der Waals surface area (Å²) in [7, 11) is 1.36. The van der Waals surface area contributed by atoms with E-state index >= 15 is 0 Å². The zero-order valence-corrected chi connectivity index (χ0v) is 10.1. The van der Waals surface area contributed by atoms with E-state index in [0.717, 1.165) is 5.01 Å². The Balaban J connectivity index is 4.27. The van der Waals surface area contributed by atoms with Crippen molar-refractivity contribution in [2.75, 3.05) is 20.2 Å². The molecule has 0 amide bonds. The molecule has 104 valence electrons. The molecule has 0 aromatic rings. The van der Waals surface area contributed by atoms with Crippen molar-refractivity contribution in [3.63, 3.8) is 0 Å². The first-order chi connectivity index (χ1) is 8.23. The lowest BCUT2D eigenvalue weighted by molar-refractivity contribution is -0.152. The maximum atomic E-state index is 11.1. The molecule has 0 bridgehead atoms. The molecule has 0 aliphatic rings. The Labute approximate surface area is 103 Å². The van der Waals surface area contributed by atoms with E-state index in [0.29, 0.717) is 0 Å². The second kappa shape index (κ2) is 7.58. The second-order valence-corrected chi connectivity index (χ2v) is 3.69. The fourth-order valence-electron chi connectivity index (χ4n) is 0.975. The van der Waals surface area contributed by atoms with Crippen LogP contribution >= 0.6 is 0 Å². The van der Waals surface area contributed by atoms with E-state index in [-0.39, 0.29) is 0 Å². The van der Waals surface area contributed by atoms with Crippen molar-refractivity contribution in [3.05, 3.63) is 0 Å². The number of rotatable bonds is 8. The molecule has 9 nitrogen and oxygen atoms in total. The summed E-state index contributed by atoms with van der Waals surface area (Å²) in [6.45, 7) is 0.562. The van der Waals surface area contributed by atoms with Gasteiger partial charge in [-0.25, -0.2) is 10.4 Å². The van der Waals surface area contributed by atoms with Crippen LogP contribution in [0.25, 0.3) is 0 Å². The minimum Gasteiger partial charge on any atom is -0.480 e. The zero-order valence-electron chi connectivity index (χ0n) is 10.1. The molecule has 0 rings (SSSR count). The Kier molecular flexibility index (Phi) is 6.86. The van der Waals surface area contributed by atoms with Gasteiger partial charge in [0.2, 0.25) is 0 Å². The molecule has 0 aromatic heterocycles. The fraction of sp³-hybridized carbons (Fsp3) is 0.667. The Bertz CT molecular complexity index is 319. The maximum Gasteiger partial charge on any atom is 0.325 e. The van der Waals surface area contributed by atoms with Crippen LogP contribution in [0.15, 0.2) is 0 Å². The smallest absolute Gasteiger partial charge is 0.325 e. The highest BCUT2D eigenvalue weighted by Crippen LogP contribution is 1.92. The number of ether oxygens (including phenoxy) is 1. The quantitative estimate of drug-likeness (QED) is 0.284. The highest BCUT2D eigenvalue weighted by Gasteiger charge is 2.22. The Morgan fingerprint density at radius 2 is 1.94 bits per heavy atom. The standard InChI is InChI=1S/C9H17N3O6/c1-5(10)9(17)18-4-6(8(15)16)11-12(2)3-7(13)14/h5-6,11H,3-4,10H2,1-2H3,(H,13,14)(H,15,16)/t5-,6-/m1/s1. The van der Waals surface area contributed by atoms with Crippen LogP contribution in [0.2, 0.25) is 0 Å². The largest absolute Gasteiger partial charge is 0.480 e. The summed E-state index contributed by atoms with van der Waals surface area (Å²) < 4.78 is 4.65. The first-order valence-corrected chi connectivity index (χ1v) is 5.08. The number of carboxylic acids is 2. The number of aliphatic carboxylic acids is 2. The molecule has 0 radical (unpaired) electrons. The van der Waals surface area contributed by atoms with Gasteiger partial charge < -0.3 is 20.7 Å². The summed E-state index contributed by atoms with van der Waals surface area (Å²) in [5.74, 6) is -3.13. The molecule has 0 aliphatic carbocycles. The molecule has 0 saturated heterocycles. The van der Waals surface area contributed by atoms with Gasteiger partial charge in [-0.2, -0.15) is 0 Å². The van der Waals surface area contributed by atoms with Crippen molar-refractivity contribution in [2.24, 2.45) is 5.73 Å². The fourth-order valence-corrected chi connectivity index (χ4v) is 0.975. The number of likely N-dealkylation sites (N-methyl/N-ethyl adjacent to an activating group) is 1. The van der Waals surface area contributed by atoms with Crippen LogP contribution in [0.4, 0.5) is 0 Å². The minimum atomic E-state index is -1.27. The summed E-state index contributed by atoms with van der Waals surface area (Å²) in [5.41, 5.74) is 7.61. The number of nitrogens with one attached hydrogen (secondary N) is 1. The van der Waals surface area contributed by atoms with Crippen LogP contribution < -0.4 is 11.2 Å². The third kappa shape index (κ3) is 6.78. The van der Waals surface area contributed by atoms with Crippen molar-refractivity contribution in [1.82, 2.24) is 10.4 Å². The van der Waals surface area contributed by atoms with E-state index in [9.17, 15) is 14.4 Å². The number of hydrogen-bond acceptors (Lipinski definition) is 7. The Hall–Kier alpha value is -1.71. The highest BCUT2D eigenvalue weighted by atomic mass is 16.5. The number of carbonyl (C=O) groups excluding carboxylic acids is 1. The normalized spacial score (nSPS) is 14.0. The number of carboxylic acid groups (broad SMARTS) is 2. The summed E-state index contributed by atoms with van der Waals surface area (Å²) >= 11 is 0. The van der Waals surface area contributed by atoms with Crippen molar-refractivity contribution in [3.8, 4) is 0 Å². The lowest BCUT2D eigenvalue weighted by Crippen LogP contribution is -2.51. The van der Waals surface area contributed by atoms with Gasteiger partial charge in [-0.15, -0.1) is 0 Å². The van der Waals surface area contributed by atoms with Crippen LogP contribution in [-0.2, 0) is 19.1 Å². The van der Waals surface area contributed by atoms with E-state index in [1.54, 1.807) is 0 Å². The van der Waals surface area contributed by atoms with Gasteiger partial charge in [0.25, 0.3) is 0 Å². The molecule has 2 atom stereocenters. The maximum absolute atomic E-state index is 11.1. The summed E-state index contributed by atoms with van der Waals surface area (Å²) in [5, 5.41) is 18.4. The molecular formula is C9H17N3O6. The third-order valence-electron chi connectivity index (χ3n) is 1.81. The van der Waals surface area contributed by atoms with Crippen molar-refractivity contribution in [2.45, 2.75) is 19.0 Å². The number of carbonyl (C=O) groups is 3. The monoisotopic (exact) mass is 263 g/mol. The third-order valence-corrected chi connectivity index (χ3v) is 1.81. The van der Waals surface area contributed by atoms with Gasteiger partial charge in [0.1, 0.15) is 19.2 Å². The van der Waals surface area contributed by atoms with E-state index < -0.39 is 43.1 Å². The van der Waals surface area contributed by atoms with Gasteiger partial charge in [-0.05, 0) is 6.92 Å². The predicted molar refractivity (Wildman–Crippen MR) is 59.4 cm³/mol. The average molecular weight is 263 g/mol. The molecule has 0 spiro atoms. The lowest BCUT2D eigenvalue weighted by Gasteiger charge is -2.21. The highest BCUT2D eigenvalue weighted by molar-refractivity contribution is 5.77. The molecule has 0 heterocycles. The Morgan fingerprint density at radius 3 is 2.33 bits per heavy atom. The molecule has 0 unspecified atom stereocenters. The van der Waals surface area contributed by atoms with Gasteiger partial charge >= 0.3 is 17.9 Å². The summed E-state index contributed by atoms with van der Waals surface area (Å²) in [6.07, 6.45) is 0. The first-order valence-electron chi connectivity index (χ1n) is 5.08. The Morgan fingerprint density at radius 1 is 1.39 bits per heavy atom. The van der Waals surface area contributed by atoms with E-state index in [1.165, 1.54) is 14.0 Å². The van der Waals surface area contributed by atoms with E-state index in [4.69, 9.17) is 15.9 Å². The molecule has 0 saturated carbocycles. The van der Waals surface area contributed by atoms with Crippen LogP contribution in [0, 0.1) is 0 Å². The van der Waals surface area contributed by atoms with Gasteiger partial charge in [-0.3, -0.25) is 14.4 Å². The van der Waals surface area contributed by atoms with Crippen LogP contribution in [0.1, 0.15) is 6.92 Å². The number of nitrogens with two attached hydrogens (primary N) is 1. The van der Waals surface area contributed by atoms with E-state index in [2.05, 4.69) is 10.2 Å². The molecule has 5 N–H and O–H groups in total.